The second-order valence-corrected chi connectivity index (χ2v) is 5.40. The van der Waals surface area contributed by atoms with Gasteiger partial charge in [-0.15, -0.1) is 13.2 Å². The van der Waals surface area contributed by atoms with Crippen molar-refractivity contribution in [2.45, 2.75) is 46.0 Å². The topological polar surface area (TPSA) is 52.6 Å². The second-order valence-electron chi connectivity index (χ2n) is 5.40. The zero-order valence-electron chi connectivity index (χ0n) is 14.5. The highest BCUT2D eigenvalue weighted by atomic mass is 16.5. The molecule has 0 rings (SSSR count). The van der Waals surface area contributed by atoms with Crippen LogP contribution in [0.5, 0.6) is 0 Å². The number of unbranched alkanes of at least 4 members (excludes halogenated alkanes) is 2. The summed E-state index contributed by atoms with van der Waals surface area (Å²) in [5, 5.41) is 0. The quantitative estimate of drug-likeness (QED) is 0.289. The van der Waals surface area contributed by atoms with Crippen molar-refractivity contribution in [3.8, 4) is 0 Å². The molecule has 0 radical (unpaired) electrons. The first-order chi connectivity index (χ1) is 11.1. The standard InChI is InChI=1S/C19H30O4/c1-5-8-11-14-22-18(20)16(4)17(13-10-7-3)19(21)23-15-12-9-6-2/h5-7,10,16-17H,1-2,8-9,11-15H2,3-4H3. The van der Waals surface area contributed by atoms with Gasteiger partial charge in [-0.3, -0.25) is 9.59 Å². The Morgan fingerprint density at radius 3 is 2.00 bits per heavy atom. The summed E-state index contributed by atoms with van der Waals surface area (Å²) in [4.78, 5) is 24.3. The maximum Gasteiger partial charge on any atom is 0.310 e. The van der Waals surface area contributed by atoms with Crippen LogP contribution < -0.4 is 0 Å². The minimum atomic E-state index is -0.526. The largest absolute Gasteiger partial charge is 0.465 e. The number of rotatable bonds is 13. The Labute approximate surface area is 140 Å². The summed E-state index contributed by atoms with van der Waals surface area (Å²) >= 11 is 0. The molecule has 0 N–H and O–H groups in total. The third kappa shape index (κ3) is 9.72. The molecule has 0 aromatic carbocycles. The molecule has 0 aliphatic carbocycles. The van der Waals surface area contributed by atoms with Crippen molar-refractivity contribution in [2.75, 3.05) is 13.2 Å². The second kappa shape index (κ2) is 13.8. The van der Waals surface area contributed by atoms with Crippen molar-refractivity contribution < 1.29 is 19.1 Å². The SMILES string of the molecule is C=CCCCOC(=O)C(C)C(CC=CC)C(=O)OCCCC=C. The summed E-state index contributed by atoms with van der Waals surface area (Å²) in [6.45, 7) is 11.5. The van der Waals surface area contributed by atoms with Crippen LogP contribution in [0.25, 0.3) is 0 Å². The molecule has 0 amide bonds. The van der Waals surface area contributed by atoms with E-state index in [0.717, 1.165) is 25.7 Å². The summed E-state index contributed by atoms with van der Waals surface area (Å²) in [6, 6.07) is 0. The first-order valence-corrected chi connectivity index (χ1v) is 8.24. The van der Waals surface area contributed by atoms with E-state index in [2.05, 4.69) is 13.2 Å². The van der Waals surface area contributed by atoms with Crippen LogP contribution in [0.2, 0.25) is 0 Å². The molecule has 0 bridgehead atoms. The Hall–Kier alpha value is -1.84. The molecule has 0 heterocycles. The van der Waals surface area contributed by atoms with Gasteiger partial charge in [-0.2, -0.15) is 0 Å². The molecule has 0 aromatic heterocycles. The maximum atomic E-state index is 12.2. The average Bonchev–Trinajstić information content (AvgIpc) is 2.55. The van der Waals surface area contributed by atoms with Gasteiger partial charge in [-0.05, 0) is 39.0 Å². The lowest BCUT2D eigenvalue weighted by Crippen LogP contribution is -2.31. The van der Waals surface area contributed by atoms with Crippen LogP contribution in [-0.4, -0.2) is 25.2 Å². The molecule has 130 valence electrons. The molecule has 0 spiro atoms. The number of allylic oxidation sites excluding steroid dienone is 4. The van der Waals surface area contributed by atoms with E-state index in [1.165, 1.54) is 0 Å². The number of ether oxygens (including phenoxy) is 2. The third-order valence-electron chi connectivity index (χ3n) is 3.50. The van der Waals surface area contributed by atoms with Crippen LogP contribution in [0.15, 0.2) is 37.5 Å². The van der Waals surface area contributed by atoms with Crippen LogP contribution in [0.4, 0.5) is 0 Å². The van der Waals surface area contributed by atoms with Gasteiger partial charge in [0.2, 0.25) is 0 Å². The lowest BCUT2D eigenvalue weighted by Gasteiger charge is -2.20. The number of carbonyl (C=O) groups excluding carboxylic acids is 2. The minimum absolute atomic E-state index is 0.345. The Balaban J connectivity index is 4.53. The molecule has 4 heteroatoms. The van der Waals surface area contributed by atoms with Crippen LogP contribution in [0.1, 0.15) is 46.0 Å². The van der Waals surface area contributed by atoms with E-state index in [-0.39, 0.29) is 11.9 Å². The molecule has 23 heavy (non-hydrogen) atoms. The summed E-state index contributed by atoms with van der Waals surface area (Å²) in [6.07, 6.45) is 10.9. The van der Waals surface area contributed by atoms with Crippen molar-refractivity contribution in [1.29, 1.82) is 0 Å². The Morgan fingerprint density at radius 2 is 1.52 bits per heavy atom. The van der Waals surface area contributed by atoms with Gasteiger partial charge in [-0.25, -0.2) is 0 Å². The van der Waals surface area contributed by atoms with Crippen molar-refractivity contribution in [3.63, 3.8) is 0 Å². The Kier molecular flexibility index (Phi) is 12.7. The summed E-state index contributed by atoms with van der Waals surface area (Å²) in [5.74, 6) is -1.74. The van der Waals surface area contributed by atoms with Gasteiger partial charge in [0.15, 0.2) is 0 Å². The van der Waals surface area contributed by atoms with Gasteiger partial charge >= 0.3 is 11.9 Å². The van der Waals surface area contributed by atoms with Gasteiger partial charge in [0.25, 0.3) is 0 Å². The smallest absolute Gasteiger partial charge is 0.310 e. The molecule has 0 aromatic rings. The molecule has 0 aliphatic heterocycles. The fourth-order valence-electron chi connectivity index (χ4n) is 1.99. The van der Waals surface area contributed by atoms with Crippen molar-refractivity contribution in [1.82, 2.24) is 0 Å². The minimum Gasteiger partial charge on any atom is -0.465 e. The monoisotopic (exact) mass is 322 g/mol. The van der Waals surface area contributed by atoms with E-state index in [9.17, 15) is 9.59 Å². The van der Waals surface area contributed by atoms with Crippen LogP contribution in [-0.2, 0) is 19.1 Å². The van der Waals surface area contributed by atoms with Gasteiger partial charge in [0, 0.05) is 0 Å². The molecule has 0 saturated carbocycles. The predicted octanol–water partition coefficient (Wildman–Crippen LogP) is 4.22. The lowest BCUT2D eigenvalue weighted by atomic mass is 9.91. The number of carbonyl (C=O) groups is 2. The number of esters is 2. The van der Waals surface area contributed by atoms with Crippen molar-refractivity contribution >= 4 is 11.9 Å². The molecule has 2 unspecified atom stereocenters. The Morgan fingerprint density at radius 1 is 1.00 bits per heavy atom. The lowest BCUT2D eigenvalue weighted by molar-refractivity contribution is -0.160. The van der Waals surface area contributed by atoms with Crippen molar-refractivity contribution in [3.05, 3.63) is 37.5 Å². The van der Waals surface area contributed by atoms with Gasteiger partial charge in [0.1, 0.15) is 0 Å². The summed E-state index contributed by atoms with van der Waals surface area (Å²) in [7, 11) is 0. The van der Waals surface area contributed by atoms with Crippen molar-refractivity contribution in [2.24, 2.45) is 11.8 Å². The van der Waals surface area contributed by atoms with E-state index >= 15 is 0 Å². The molecule has 0 fully saturated rings. The molecular formula is C19H30O4. The first-order valence-electron chi connectivity index (χ1n) is 8.24. The van der Waals surface area contributed by atoms with Gasteiger partial charge < -0.3 is 9.47 Å². The molecule has 4 nitrogen and oxygen atoms in total. The highest BCUT2D eigenvalue weighted by Gasteiger charge is 2.31. The predicted molar refractivity (Wildman–Crippen MR) is 92.9 cm³/mol. The van der Waals surface area contributed by atoms with Gasteiger partial charge in [-0.1, -0.05) is 31.2 Å². The van der Waals surface area contributed by atoms with E-state index < -0.39 is 11.8 Å². The summed E-state index contributed by atoms with van der Waals surface area (Å²) in [5.41, 5.74) is 0. The van der Waals surface area contributed by atoms with E-state index in [0.29, 0.717) is 19.6 Å². The highest BCUT2D eigenvalue weighted by Crippen LogP contribution is 2.20. The first kappa shape index (κ1) is 21.2. The van der Waals surface area contributed by atoms with E-state index in [4.69, 9.17) is 9.47 Å². The highest BCUT2D eigenvalue weighted by molar-refractivity contribution is 5.82. The van der Waals surface area contributed by atoms with Crippen LogP contribution in [0, 0.1) is 11.8 Å². The average molecular weight is 322 g/mol. The Bertz CT molecular complexity index is 398. The number of hydrogen-bond acceptors (Lipinski definition) is 4. The zero-order valence-corrected chi connectivity index (χ0v) is 14.5. The third-order valence-corrected chi connectivity index (χ3v) is 3.50. The molecule has 0 saturated heterocycles. The fourth-order valence-corrected chi connectivity index (χ4v) is 1.99. The molecule has 2 atom stereocenters. The number of hydrogen-bond donors (Lipinski definition) is 0. The fraction of sp³-hybridized carbons (Fsp3) is 0.579. The summed E-state index contributed by atoms with van der Waals surface area (Å²) < 4.78 is 10.5. The van der Waals surface area contributed by atoms with Crippen LogP contribution in [0.3, 0.4) is 0 Å². The molecular weight excluding hydrogens is 292 g/mol. The van der Waals surface area contributed by atoms with Crippen LogP contribution >= 0.6 is 0 Å². The zero-order chi connectivity index (χ0) is 17.5. The maximum absolute atomic E-state index is 12.2. The van der Waals surface area contributed by atoms with E-state index in [1.54, 1.807) is 19.1 Å². The molecule has 0 aliphatic rings. The normalized spacial score (nSPS) is 13.3. The van der Waals surface area contributed by atoms with E-state index in [1.807, 2.05) is 19.1 Å². The van der Waals surface area contributed by atoms with Gasteiger partial charge in [0.05, 0.1) is 25.0 Å².